The highest BCUT2D eigenvalue weighted by Gasteiger charge is 2.19. The minimum absolute atomic E-state index is 0.0456. The topological polar surface area (TPSA) is 87.7 Å². The van der Waals surface area contributed by atoms with Crippen molar-refractivity contribution in [2.24, 2.45) is 0 Å². The zero-order valence-corrected chi connectivity index (χ0v) is 15.1. The Hall–Kier alpha value is -2.51. The average molecular weight is 372 g/mol. The summed E-state index contributed by atoms with van der Waals surface area (Å²) in [5.74, 6) is -0.720. The van der Waals surface area contributed by atoms with Crippen LogP contribution in [0.5, 0.6) is 5.75 Å². The van der Waals surface area contributed by atoms with E-state index in [0.29, 0.717) is 17.9 Å². The zero-order chi connectivity index (χ0) is 18.5. The van der Waals surface area contributed by atoms with Crippen LogP contribution in [-0.2, 0) is 16.0 Å². The maximum absolute atomic E-state index is 12.1. The molecule has 2 amide bonds. The number of hydrogen-bond acceptors (Lipinski definition) is 5. The molecule has 136 valence electrons. The van der Waals surface area contributed by atoms with Crippen molar-refractivity contribution in [1.29, 1.82) is 0 Å². The molecule has 1 unspecified atom stereocenters. The van der Waals surface area contributed by atoms with E-state index in [2.05, 4.69) is 10.6 Å². The lowest BCUT2D eigenvalue weighted by Crippen LogP contribution is -2.37. The van der Waals surface area contributed by atoms with Crippen LogP contribution in [0, 0.1) is 0 Å². The van der Waals surface area contributed by atoms with Gasteiger partial charge >= 0.3 is 11.8 Å². The predicted octanol–water partition coefficient (Wildman–Crippen LogP) is 2.13. The van der Waals surface area contributed by atoms with Gasteiger partial charge in [-0.05, 0) is 41.6 Å². The summed E-state index contributed by atoms with van der Waals surface area (Å²) in [5.41, 5.74) is 2.31. The highest BCUT2D eigenvalue weighted by Crippen LogP contribution is 2.28. The highest BCUT2D eigenvalue weighted by atomic mass is 32.2. The standard InChI is InChI=1S/C19H20N2O4S/c1-26-17-5-3-2-4-14(17)21-19(24)18(23)20-11-15(22)12-6-7-16-13(10-12)8-9-25-16/h2-7,10,15,22H,8-9,11H2,1H3,(H,20,23)(H,21,24). The summed E-state index contributed by atoms with van der Waals surface area (Å²) >= 11 is 1.48. The second kappa shape index (κ2) is 8.25. The van der Waals surface area contributed by atoms with Crippen LogP contribution in [0.25, 0.3) is 0 Å². The fourth-order valence-electron chi connectivity index (χ4n) is 2.73. The Labute approximate surface area is 155 Å². The van der Waals surface area contributed by atoms with Crippen molar-refractivity contribution in [3.63, 3.8) is 0 Å². The number of thioether (sulfide) groups is 1. The molecular formula is C19H20N2O4S. The monoisotopic (exact) mass is 372 g/mol. The molecule has 0 aromatic heterocycles. The molecule has 1 heterocycles. The number of amides is 2. The largest absolute Gasteiger partial charge is 0.493 e. The van der Waals surface area contributed by atoms with Gasteiger partial charge in [0.05, 0.1) is 18.4 Å². The first kappa shape index (κ1) is 18.3. The Morgan fingerprint density at radius 3 is 2.85 bits per heavy atom. The molecule has 1 atom stereocenters. The van der Waals surface area contributed by atoms with Crippen LogP contribution in [0.15, 0.2) is 47.4 Å². The molecule has 0 fully saturated rings. The molecule has 2 aromatic rings. The number of fused-ring (bicyclic) bond motifs is 1. The number of aliphatic hydroxyl groups is 1. The van der Waals surface area contributed by atoms with Crippen LogP contribution in [-0.4, -0.2) is 36.3 Å². The Morgan fingerprint density at radius 1 is 1.23 bits per heavy atom. The molecule has 2 aromatic carbocycles. The Bertz CT molecular complexity index is 825. The van der Waals surface area contributed by atoms with Gasteiger partial charge in [0, 0.05) is 17.9 Å². The van der Waals surface area contributed by atoms with Gasteiger partial charge in [-0.3, -0.25) is 9.59 Å². The van der Waals surface area contributed by atoms with Crippen LogP contribution in [0.1, 0.15) is 17.2 Å². The fourth-order valence-corrected chi connectivity index (χ4v) is 3.28. The lowest BCUT2D eigenvalue weighted by atomic mass is 10.0. The number of carbonyl (C=O) groups excluding carboxylic acids is 2. The van der Waals surface area contributed by atoms with Crippen molar-refractivity contribution in [1.82, 2.24) is 5.32 Å². The molecular weight excluding hydrogens is 352 g/mol. The zero-order valence-electron chi connectivity index (χ0n) is 14.3. The van der Waals surface area contributed by atoms with Gasteiger partial charge in [0.15, 0.2) is 0 Å². The fraction of sp³-hybridized carbons (Fsp3) is 0.263. The number of carbonyl (C=O) groups is 2. The van der Waals surface area contributed by atoms with E-state index in [1.54, 1.807) is 18.2 Å². The lowest BCUT2D eigenvalue weighted by Gasteiger charge is -2.14. The van der Waals surface area contributed by atoms with E-state index in [1.165, 1.54) is 11.8 Å². The van der Waals surface area contributed by atoms with E-state index in [4.69, 9.17) is 4.74 Å². The van der Waals surface area contributed by atoms with Crippen LogP contribution in [0.3, 0.4) is 0 Å². The number of hydrogen-bond donors (Lipinski definition) is 3. The molecule has 0 saturated carbocycles. The summed E-state index contributed by atoms with van der Waals surface area (Å²) in [5, 5.41) is 15.3. The van der Waals surface area contributed by atoms with Gasteiger partial charge < -0.3 is 20.5 Å². The average Bonchev–Trinajstić information content (AvgIpc) is 3.13. The molecule has 1 aliphatic rings. The van der Waals surface area contributed by atoms with Crippen molar-refractivity contribution in [3.05, 3.63) is 53.6 Å². The molecule has 0 aliphatic carbocycles. The third kappa shape index (κ3) is 4.17. The number of aliphatic hydroxyl groups excluding tert-OH is 1. The number of para-hydroxylation sites is 1. The van der Waals surface area contributed by atoms with Gasteiger partial charge in [0.1, 0.15) is 5.75 Å². The summed E-state index contributed by atoms with van der Waals surface area (Å²) in [6, 6.07) is 12.7. The van der Waals surface area contributed by atoms with E-state index in [9.17, 15) is 14.7 Å². The first-order chi connectivity index (χ1) is 12.6. The molecule has 0 spiro atoms. The minimum Gasteiger partial charge on any atom is -0.493 e. The molecule has 3 rings (SSSR count). The number of ether oxygens (including phenoxy) is 1. The summed E-state index contributed by atoms with van der Waals surface area (Å²) < 4.78 is 5.43. The molecule has 3 N–H and O–H groups in total. The first-order valence-corrected chi connectivity index (χ1v) is 9.47. The molecule has 7 heteroatoms. The van der Waals surface area contributed by atoms with Crippen molar-refractivity contribution in [2.45, 2.75) is 17.4 Å². The third-order valence-corrected chi connectivity index (χ3v) is 4.91. The number of anilines is 1. The summed E-state index contributed by atoms with van der Waals surface area (Å²) in [4.78, 5) is 24.9. The number of nitrogens with one attached hydrogen (secondary N) is 2. The summed E-state index contributed by atoms with van der Waals surface area (Å²) in [6.07, 6.45) is 1.80. The van der Waals surface area contributed by atoms with Crippen LogP contribution >= 0.6 is 11.8 Å². The first-order valence-electron chi connectivity index (χ1n) is 8.24. The van der Waals surface area contributed by atoms with Crippen LogP contribution in [0.2, 0.25) is 0 Å². The number of rotatable bonds is 5. The highest BCUT2D eigenvalue weighted by molar-refractivity contribution is 7.98. The van der Waals surface area contributed by atoms with Gasteiger partial charge in [0.2, 0.25) is 0 Å². The van der Waals surface area contributed by atoms with Gasteiger partial charge in [-0.1, -0.05) is 18.2 Å². The quantitative estimate of drug-likeness (QED) is 0.553. The van der Waals surface area contributed by atoms with Crippen molar-refractivity contribution in [3.8, 4) is 5.75 Å². The molecule has 0 radical (unpaired) electrons. The smallest absolute Gasteiger partial charge is 0.313 e. The molecule has 6 nitrogen and oxygen atoms in total. The van der Waals surface area contributed by atoms with E-state index in [0.717, 1.165) is 22.6 Å². The van der Waals surface area contributed by atoms with Crippen LogP contribution in [0.4, 0.5) is 5.69 Å². The van der Waals surface area contributed by atoms with Gasteiger partial charge in [-0.15, -0.1) is 11.8 Å². The van der Waals surface area contributed by atoms with Crippen molar-refractivity contribution in [2.75, 3.05) is 24.7 Å². The Kier molecular flexibility index (Phi) is 5.80. The maximum atomic E-state index is 12.1. The van der Waals surface area contributed by atoms with E-state index >= 15 is 0 Å². The van der Waals surface area contributed by atoms with E-state index in [-0.39, 0.29) is 6.54 Å². The van der Waals surface area contributed by atoms with E-state index in [1.807, 2.05) is 30.5 Å². The molecule has 0 saturated heterocycles. The van der Waals surface area contributed by atoms with Gasteiger partial charge in [0.25, 0.3) is 0 Å². The molecule has 0 bridgehead atoms. The second-order valence-corrected chi connectivity index (χ2v) is 6.69. The van der Waals surface area contributed by atoms with Crippen molar-refractivity contribution < 1.29 is 19.4 Å². The summed E-state index contributed by atoms with van der Waals surface area (Å²) in [7, 11) is 0. The predicted molar refractivity (Wildman–Crippen MR) is 100 cm³/mol. The van der Waals surface area contributed by atoms with E-state index < -0.39 is 17.9 Å². The maximum Gasteiger partial charge on any atom is 0.313 e. The Balaban J connectivity index is 1.55. The van der Waals surface area contributed by atoms with Crippen LogP contribution < -0.4 is 15.4 Å². The number of benzene rings is 2. The SMILES string of the molecule is CSc1ccccc1NC(=O)C(=O)NCC(O)c1ccc2c(c1)CCO2. The molecule has 26 heavy (non-hydrogen) atoms. The molecule has 1 aliphatic heterocycles. The van der Waals surface area contributed by atoms with Gasteiger partial charge in [-0.25, -0.2) is 0 Å². The lowest BCUT2D eigenvalue weighted by molar-refractivity contribution is -0.136. The second-order valence-electron chi connectivity index (χ2n) is 5.85. The third-order valence-electron chi connectivity index (χ3n) is 4.12. The van der Waals surface area contributed by atoms with Crippen molar-refractivity contribution >= 4 is 29.3 Å². The normalized spacial score (nSPS) is 13.5. The summed E-state index contributed by atoms with van der Waals surface area (Å²) in [6.45, 7) is 0.597. The Morgan fingerprint density at radius 2 is 2.04 bits per heavy atom. The van der Waals surface area contributed by atoms with Gasteiger partial charge in [-0.2, -0.15) is 0 Å². The minimum atomic E-state index is -0.892.